The number of benzene rings is 1. The summed E-state index contributed by atoms with van der Waals surface area (Å²) in [5.74, 6) is -0.124. The van der Waals surface area contributed by atoms with Crippen LogP contribution in [0.3, 0.4) is 0 Å². The third-order valence-electron chi connectivity index (χ3n) is 4.72. The molecule has 0 atom stereocenters. The summed E-state index contributed by atoms with van der Waals surface area (Å²) in [6.07, 6.45) is 4.48. The number of imidazole rings is 1. The van der Waals surface area contributed by atoms with Gasteiger partial charge in [-0.05, 0) is 43.7 Å². The maximum atomic E-state index is 12.9. The molecular formula is C20H26N4O2. The second kappa shape index (κ2) is 8.17. The Kier molecular flexibility index (Phi) is 5.71. The number of hydrogen-bond acceptors (Lipinski definition) is 3. The first-order valence-electron chi connectivity index (χ1n) is 9.42. The molecule has 0 aliphatic carbocycles. The minimum Gasteiger partial charge on any atom is -0.351 e. The van der Waals surface area contributed by atoms with Crippen LogP contribution in [0.25, 0.3) is 0 Å². The fraction of sp³-hybridized carbons (Fsp3) is 0.450. The van der Waals surface area contributed by atoms with Crippen molar-refractivity contribution in [3.63, 3.8) is 0 Å². The van der Waals surface area contributed by atoms with E-state index in [-0.39, 0.29) is 11.8 Å². The number of amides is 2. The number of carbonyl (C=O) groups is 2. The number of hydrogen-bond donors (Lipinski definition) is 2. The van der Waals surface area contributed by atoms with E-state index in [0.29, 0.717) is 18.1 Å². The van der Waals surface area contributed by atoms with E-state index in [4.69, 9.17) is 0 Å². The number of aryl methyl sites for hydroxylation is 1. The van der Waals surface area contributed by atoms with Gasteiger partial charge in [0.25, 0.3) is 11.8 Å². The van der Waals surface area contributed by atoms with Gasteiger partial charge in [0.15, 0.2) is 5.82 Å². The van der Waals surface area contributed by atoms with E-state index in [1.54, 1.807) is 0 Å². The van der Waals surface area contributed by atoms with Gasteiger partial charge in [-0.3, -0.25) is 9.59 Å². The molecule has 2 amide bonds. The van der Waals surface area contributed by atoms with E-state index in [1.807, 2.05) is 35.8 Å². The second-order valence-corrected chi connectivity index (χ2v) is 6.56. The fourth-order valence-corrected chi connectivity index (χ4v) is 3.35. The summed E-state index contributed by atoms with van der Waals surface area (Å²) in [5.41, 5.74) is 3.14. The van der Waals surface area contributed by atoms with Crippen LogP contribution < -0.4 is 10.6 Å². The summed E-state index contributed by atoms with van der Waals surface area (Å²) >= 11 is 0. The highest BCUT2D eigenvalue weighted by Gasteiger charge is 2.27. The van der Waals surface area contributed by atoms with Crippen molar-refractivity contribution in [1.29, 1.82) is 0 Å². The molecule has 0 fully saturated rings. The number of nitrogens with zero attached hydrogens (tertiary/aromatic N) is 2. The van der Waals surface area contributed by atoms with Gasteiger partial charge < -0.3 is 15.2 Å². The van der Waals surface area contributed by atoms with Crippen LogP contribution in [0.2, 0.25) is 0 Å². The van der Waals surface area contributed by atoms with Crippen molar-refractivity contribution in [3.8, 4) is 0 Å². The highest BCUT2D eigenvalue weighted by molar-refractivity contribution is 6.04. The van der Waals surface area contributed by atoms with E-state index in [2.05, 4.69) is 22.5 Å². The number of rotatable bonds is 6. The van der Waals surface area contributed by atoms with E-state index in [1.165, 1.54) is 0 Å². The smallest absolute Gasteiger partial charge is 0.291 e. The molecule has 1 aromatic carbocycles. The molecule has 2 aromatic rings. The highest BCUT2D eigenvalue weighted by atomic mass is 16.2. The first kappa shape index (κ1) is 18.2. The Morgan fingerprint density at radius 3 is 2.73 bits per heavy atom. The molecule has 1 aromatic heterocycles. The van der Waals surface area contributed by atoms with E-state index >= 15 is 0 Å². The van der Waals surface area contributed by atoms with Crippen LogP contribution in [-0.4, -0.2) is 27.9 Å². The van der Waals surface area contributed by atoms with Crippen molar-refractivity contribution in [3.05, 3.63) is 47.0 Å². The summed E-state index contributed by atoms with van der Waals surface area (Å²) in [7, 11) is 0. The largest absolute Gasteiger partial charge is 0.351 e. The summed E-state index contributed by atoms with van der Waals surface area (Å²) < 4.78 is 1.91. The molecule has 0 spiro atoms. The van der Waals surface area contributed by atoms with Crippen LogP contribution in [0, 0.1) is 0 Å². The number of carbonyl (C=O) groups excluding carboxylic acids is 2. The molecule has 0 bridgehead atoms. The first-order chi connectivity index (χ1) is 12.7. The summed E-state index contributed by atoms with van der Waals surface area (Å²) in [4.78, 5) is 29.8. The summed E-state index contributed by atoms with van der Waals surface area (Å²) in [5, 5.41) is 5.84. The zero-order chi connectivity index (χ0) is 18.5. The average Bonchev–Trinajstić information content (AvgIpc) is 3.06. The topological polar surface area (TPSA) is 76.0 Å². The lowest BCUT2D eigenvalue weighted by molar-refractivity contribution is 0.0947. The van der Waals surface area contributed by atoms with Crippen LogP contribution in [0.4, 0.5) is 5.69 Å². The lowest BCUT2D eigenvalue weighted by atomic mass is 10.1. The van der Waals surface area contributed by atoms with Crippen molar-refractivity contribution in [2.24, 2.45) is 0 Å². The van der Waals surface area contributed by atoms with E-state index in [0.717, 1.165) is 55.6 Å². The molecule has 1 aliphatic heterocycles. The Morgan fingerprint density at radius 1 is 1.15 bits per heavy atom. The molecule has 0 unspecified atom stereocenters. The lowest BCUT2D eigenvalue weighted by Crippen LogP contribution is -2.26. The number of fused-ring (bicyclic) bond motifs is 1. The van der Waals surface area contributed by atoms with Crippen molar-refractivity contribution in [2.45, 2.75) is 52.5 Å². The molecule has 3 rings (SSSR count). The molecule has 2 heterocycles. The van der Waals surface area contributed by atoms with Crippen LogP contribution in [0.1, 0.15) is 65.5 Å². The van der Waals surface area contributed by atoms with Crippen molar-refractivity contribution < 1.29 is 9.59 Å². The average molecular weight is 354 g/mol. The standard InChI is InChI=1S/C20H26N4O2/c1-3-12-21-19(25)17-16-11-7-8-13-24(16)18(23-17)20(26)22-15-10-6-5-9-14(15)4-2/h5-6,9-10H,3-4,7-8,11-13H2,1-2H3,(H,21,25)(H,22,26). The summed E-state index contributed by atoms with van der Waals surface area (Å²) in [6, 6.07) is 7.76. The van der Waals surface area contributed by atoms with Gasteiger partial charge in [-0.15, -0.1) is 0 Å². The third kappa shape index (κ3) is 3.64. The van der Waals surface area contributed by atoms with Crippen LogP contribution in [0.15, 0.2) is 24.3 Å². The Labute approximate surface area is 154 Å². The van der Waals surface area contributed by atoms with E-state index in [9.17, 15) is 9.59 Å². The SMILES string of the molecule is CCCNC(=O)c1nc(C(=O)Nc2ccccc2CC)n2c1CCCC2. The van der Waals surface area contributed by atoms with Gasteiger partial charge >= 0.3 is 0 Å². The number of aromatic nitrogens is 2. The van der Waals surface area contributed by atoms with Crippen LogP contribution in [0.5, 0.6) is 0 Å². The quantitative estimate of drug-likeness (QED) is 0.836. The Balaban J connectivity index is 1.90. The van der Waals surface area contributed by atoms with Crippen LogP contribution >= 0.6 is 0 Å². The maximum absolute atomic E-state index is 12.9. The molecule has 0 saturated heterocycles. The molecule has 1 aliphatic rings. The summed E-state index contributed by atoms with van der Waals surface area (Å²) in [6.45, 7) is 5.39. The molecule has 6 nitrogen and oxygen atoms in total. The fourth-order valence-electron chi connectivity index (χ4n) is 3.35. The maximum Gasteiger partial charge on any atom is 0.291 e. The molecule has 0 radical (unpaired) electrons. The minimum absolute atomic E-state index is 0.189. The highest BCUT2D eigenvalue weighted by Crippen LogP contribution is 2.23. The minimum atomic E-state index is -0.261. The van der Waals surface area contributed by atoms with Gasteiger partial charge in [0.2, 0.25) is 0 Å². The third-order valence-corrected chi connectivity index (χ3v) is 4.72. The Morgan fingerprint density at radius 2 is 1.96 bits per heavy atom. The van der Waals surface area contributed by atoms with Gasteiger partial charge in [0.05, 0.1) is 5.69 Å². The predicted molar refractivity (Wildman–Crippen MR) is 102 cm³/mol. The van der Waals surface area contributed by atoms with Gasteiger partial charge in [-0.25, -0.2) is 4.98 Å². The molecule has 2 N–H and O–H groups in total. The number of anilines is 1. The number of nitrogens with one attached hydrogen (secondary N) is 2. The van der Waals surface area contributed by atoms with Gasteiger partial charge in [0, 0.05) is 18.8 Å². The van der Waals surface area contributed by atoms with Crippen molar-refractivity contribution >= 4 is 17.5 Å². The van der Waals surface area contributed by atoms with Gasteiger partial charge in [-0.2, -0.15) is 0 Å². The van der Waals surface area contributed by atoms with Crippen molar-refractivity contribution in [1.82, 2.24) is 14.9 Å². The lowest BCUT2D eigenvalue weighted by Gasteiger charge is -2.17. The van der Waals surface area contributed by atoms with Crippen LogP contribution in [-0.2, 0) is 19.4 Å². The molecule has 26 heavy (non-hydrogen) atoms. The molecule has 138 valence electrons. The number of para-hydroxylation sites is 1. The zero-order valence-corrected chi connectivity index (χ0v) is 15.5. The van der Waals surface area contributed by atoms with Gasteiger partial charge in [-0.1, -0.05) is 32.0 Å². The normalized spacial score (nSPS) is 13.2. The molecule has 0 saturated carbocycles. The second-order valence-electron chi connectivity index (χ2n) is 6.56. The predicted octanol–water partition coefficient (Wildman–Crippen LogP) is 3.17. The Bertz CT molecular complexity index is 810. The molecular weight excluding hydrogens is 328 g/mol. The van der Waals surface area contributed by atoms with E-state index < -0.39 is 0 Å². The zero-order valence-electron chi connectivity index (χ0n) is 15.5. The first-order valence-corrected chi connectivity index (χ1v) is 9.42. The van der Waals surface area contributed by atoms with Gasteiger partial charge in [0.1, 0.15) is 5.69 Å². The molecule has 6 heteroatoms. The monoisotopic (exact) mass is 354 g/mol. The van der Waals surface area contributed by atoms with Crippen molar-refractivity contribution in [2.75, 3.05) is 11.9 Å². The Hall–Kier alpha value is -2.63.